The molecule has 7 nitrogen and oxygen atoms in total. The van der Waals surface area contributed by atoms with Crippen LogP contribution in [0.2, 0.25) is 5.15 Å². The van der Waals surface area contributed by atoms with Crippen molar-refractivity contribution in [2.24, 2.45) is 7.05 Å². The quantitative estimate of drug-likeness (QED) is 0.705. The molecule has 0 radical (unpaired) electrons. The van der Waals surface area contributed by atoms with Gasteiger partial charge in [-0.1, -0.05) is 22.9 Å². The van der Waals surface area contributed by atoms with Gasteiger partial charge in [-0.15, -0.1) is 0 Å². The molecule has 25 heavy (non-hydrogen) atoms. The van der Waals surface area contributed by atoms with Crippen LogP contribution in [-0.2, 0) is 17.1 Å². The van der Waals surface area contributed by atoms with Crippen LogP contribution in [0.25, 0.3) is 0 Å². The summed E-state index contributed by atoms with van der Waals surface area (Å²) in [4.78, 5) is 7.81. The van der Waals surface area contributed by atoms with Gasteiger partial charge in [0, 0.05) is 18.5 Å². The van der Waals surface area contributed by atoms with Crippen LogP contribution < -0.4 is 9.46 Å². The number of thiazole rings is 1. The van der Waals surface area contributed by atoms with Crippen molar-refractivity contribution in [3.63, 3.8) is 0 Å². The molecule has 3 aromatic rings. The number of aromatic nitrogens is 3. The summed E-state index contributed by atoms with van der Waals surface area (Å²) < 4.78 is 47.7. The number of ether oxygens (including phenoxy) is 1. The highest BCUT2D eigenvalue weighted by Crippen LogP contribution is 2.30. The Bertz CT molecular complexity index is 1030. The van der Waals surface area contributed by atoms with Gasteiger partial charge in [-0.2, -0.15) is 8.42 Å². The molecule has 0 fully saturated rings. The van der Waals surface area contributed by atoms with E-state index in [9.17, 15) is 12.8 Å². The Balaban J connectivity index is 1.82. The van der Waals surface area contributed by atoms with Crippen molar-refractivity contribution in [3.05, 3.63) is 46.6 Å². The second-order valence-corrected chi connectivity index (χ2v) is 7.84. The molecule has 0 aliphatic carbocycles. The predicted octanol–water partition coefficient (Wildman–Crippen LogP) is 3.57. The van der Waals surface area contributed by atoms with Gasteiger partial charge in [-0.3, -0.25) is 4.72 Å². The second kappa shape index (κ2) is 6.62. The third-order valence-corrected chi connectivity index (χ3v) is 5.77. The highest BCUT2D eigenvalue weighted by molar-refractivity contribution is 7.92. The lowest BCUT2D eigenvalue weighted by molar-refractivity contribution is 0.439. The third kappa shape index (κ3) is 3.75. The van der Waals surface area contributed by atoms with Crippen LogP contribution in [0.4, 0.5) is 10.1 Å². The third-order valence-electron chi connectivity index (χ3n) is 3.07. The number of imidazole rings is 1. The van der Waals surface area contributed by atoms with E-state index >= 15 is 0 Å². The fourth-order valence-electron chi connectivity index (χ4n) is 1.90. The molecule has 0 amide bonds. The van der Waals surface area contributed by atoms with Crippen molar-refractivity contribution >= 4 is 38.6 Å². The molecule has 0 bridgehead atoms. The number of anilines is 1. The molecular formula is C14H12ClFN4O3S2. The average molecular weight is 403 g/mol. The summed E-state index contributed by atoms with van der Waals surface area (Å²) in [5.41, 5.74) is 0.777. The first-order chi connectivity index (χ1) is 11.8. The molecule has 0 aliphatic heterocycles. The van der Waals surface area contributed by atoms with E-state index in [0.717, 1.165) is 11.8 Å². The average Bonchev–Trinajstić information content (AvgIpc) is 3.08. The Morgan fingerprint density at radius 1 is 1.40 bits per heavy atom. The number of hydrogen-bond acceptors (Lipinski definition) is 6. The van der Waals surface area contributed by atoms with Crippen molar-refractivity contribution < 1.29 is 17.5 Å². The zero-order chi connectivity index (χ0) is 18.2. The molecule has 0 atom stereocenters. The van der Waals surface area contributed by atoms with E-state index in [4.69, 9.17) is 16.3 Å². The SMILES string of the molecule is Cc1csc(Oc2ccc(NS(=O)(=O)c3ncn(C)c3Cl)cc2F)n1. The fourth-order valence-corrected chi connectivity index (χ4v) is 4.04. The summed E-state index contributed by atoms with van der Waals surface area (Å²) >= 11 is 7.12. The normalized spacial score (nSPS) is 11.5. The number of nitrogens with one attached hydrogen (secondary N) is 1. The topological polar surface area (TPSA) is 86.1 Å². The zero-order valence-corrected chi connectivity index (χ0v) is 15.4. The minimum absolute atomic E-state index is 0.0156. The number of hydrogen-bond donors (Lipinski definition) is 1. The molecular weight excluding hydrogens is 391 g/mol. The molecule has 1 aromatic carbocycles. The van der Waals surface area contributed by atoms with Gasteiger partial charge < -0.3 is 9.30 Å². The molecule has 0 spiro atoms. The van der Waals surface area contributed by atoms with Gasteiger partial charge in [-0.05, 0) is 19.1 Å². The van der Waals surface area contributed by atoms with Gasteiger partial charge >= 0.3 is 0 Å². The number of sulfonamides is 1. The van der Waals surface area contributed by atoms with Crippen LogP contribution in [0.1, 0.15) is 5.69 Å². The molecule has 2 aromatic heterocycles. The van der Waals surface area contributed by atoms with Crippen LogP contribution in [0, 0.1) is 12.7 Å². The Morgan fingerprint density at radius 2 is 2.16 bits per heavy atom. The van der Waals surface area contributed by atoms with Crippen molar-refractivity contribution in [1.29, 1.82) is 0 Å². The monoisotopic (exact) mass is 402 g/mol. The Hall–Kier alpha value is -2.17. The van der Waals surface area contributed by atoms with Gasteiger partial charge in [0.2, 0.25) is 5.03 Å². The van der Waals surface area contributed by atoms with Gasteiger partial charge in [0.25, 0.3) is 15.2 Å². The van der Waals surface area contributed by atoms with E-state index < -0.39 is 15.8 Å². The van der Waals surface area contributed by atoms with Crippen LogP contribution in [-0.4, -0.2) is 23.0 Å². The summed E-state index contributed by atoms with van der Waals surface area (Å²) in [6, 6.07) is 3.68. The minimum Gasteiger partial charge on any atom is -0.428 e. The highest BCUT2D eigenvalue weighted by Gasteiger charge is 2.23. The molecule has 0 unspecified atom stereocenters. The summed E-state index contributed by atoms with van der Waals surface area (Å²) in [5, 5.41) is 1.68. The summed E-state index contributed by atoms with van der Waals surface area (Å²) in [6.45, 7) is 1.79. The molecule has 1 N–H and O–H groups in total. The van der Waals surface area contributed by atoms with E-state index in [0.29, 0.717) is 5.19 Å². The van der Waals surface area contributed by atoms with E-state index in [2.05, 4.69) is 14.7 Å². The summed E-state index contributed by atoms with van der Waals surface area (Å²) in [7, 11) is -2.48. The number of aryl methyl sites for hydroxylation is 2. The Morgan fingerprint density at radius 3 is 2.72 bits per heavy atom. The summed E-state index contributed by atoms with van der Waals surface area (Å²) in [5.74, 6) is -0.798. The van der Waals surface area contributed by atoms with E-state index in [1.165, 1.54) is 34.4 Å². The largest absolute Gasteiger partial charge is 0.428 e. The Kier molecular flexibility index (Phi) is 4.67. The van der Waals surface area contributed by atoms with E-state index in [1.807, 2.05) is 0 Å². The lowest BCUT2D eigenvalue weighted by Gasteiger charge is -2.09. The first kappa shape index (κ1) is 17.6. The zero-order valence-electron chi connectivity index (χ0n) is 13.0. The van der Waals surface area contributed by atoms with Crippen LogP contribution in [0.15, 0.2) is 34.9 Å². The van der Waals surface area contributed by atoms with Crippen molar-refractivity contribution in [1.82, 2.24) is 14.5 Å². The number of benzene rings is 1. The summed E-state index contributed by atoms with van der Waals surface area (Å²) in [6.07, 6.45) is 1.27. The number of nitrogens with zero attached hydrogens (tertiary/aromatic N) is 3. The molecule has 0 saturated heterocycles. The van der Waals surface area contributed by atoms with Gasteiger partial charge in [0.05, 0.1) is 17.7 Å². The molecule has 11 heteroatoms. The van der Waals surface area contributed by atoms with E-state index in [1.54, 1.807) is 19.4 Å². The minimum atomic E-state index is -4.04. The van der Waals surface area contributed by atoms with Crippen LogP contribution >= 0.6 is 22.9 Å². The highest BCUT2D eigenvalue weighted by atomic mass is 35.5. The molecule has 0 saturated carbocycles. The molecule has 0 aliphatic rings. The van der Waals surface area contributed by atoms with Gasteiger partial charge in [-0.25, -0.2) is 14.4 Å². The van der Waals surface area contributed by atoms with Crippen molar-refractivity contribution in [2.75, 3.05) is 4.72 Å². The number of rotatable bonds is 5. The molecule has 3 rings (SSSR count). The molecule has 132 valence electrons. The van der Waals surface area contributed by atoms with Crippen LogP contribution in [0.3, 0.4) is 0 Å². The maximum atomic E-state index is 14.2. The van der Waals surface area contributed by atoms with Crippen LogP contribution in [0.5, 0.6) is 10.9 Å². The lowest BCUT2D eigenvalue weighted by atomic mass is 10.3. The standard InChI is InChI=1S/C14H12ClFN4O3S2/c1-8-6-24-14(18-8)23-11-4-3-9(5-10(11)16)19-25(21,22)13-12(15)20(2)7-17-13/h3-7,19H,1-2H3. The first-order valence-corrected chi connectivity index (χ1v) is 9.59. The van der Waals surface area contributed by atoms with Gasteiger partial charge in [0.15, 0.2) is 11.6 Å². The smallest absolute Gasteiger partial charge is 0.282 e. The van der Waals surface area contributed by atoms with E-state index in [-0.39, 0.29) is 21.6 Å². The Labute approximate surface area is 152 Å². The van der Waals surface area contributed by atoms with Crippen molar-refractivity contribution in [3.8, 4) is 10.9 Å². The predicted molar refractivity (Wildman–Crippen MR) is 92.4 cm³/mol. The van der Waals surface area contributed by atoms with Gasteiger partial charge in [0.1, 0.15) is 5.15 Å². The fraction of sp³-hybridized carbons (Fsp3) is 0.143. The maximum Gasteiger partial charge on any atom is 0.282 e. The molecule has 2 heterocycles. The van der Waals surface area contributed by atoms with Crippen molar-refractivity contribution in [2.45, 2.75) is 11.9 Å². The maximum absolute atomic E-state index is 14.2. The first-order valence-electron chi connectivity index (χ1n) is 6.85. The number of halogens is 2. The second-order valence-electron chi connectivity index (χ2n) is 5.06. The lowest BCUT2D eigenvalue weighted by Crippen LogP contribution is -2.14.